The van der Waals surface area contributed by atoms with Crippen LogP contribution in [0.3, 0.4) is 0 Å². The second-order valence-corrected chi connectivity index (χ2v) is 7.55. The Labute approximate surface area is 167 Å². The molecule has 1 amide bonds. The molecule has 5 nitrogen and oxygen atoms in total. The van der Waals surface area contributed by atoms with Gasteiger partial charge in [-0.3, -0.25) is 4.79 Å². The number of rotatable bonds is 6. The summed E-state index contributed by atoms with van der Waals surface area (Å²) in [5.41, 5.74) is 7.64. The van der Waals surface area contributed by atoms with E-state index in [2.05, 4.69) is 38.2 Å². The van der Waals surface area contributed by atoms with E-state index in [0.29, 0.717) is 6.54 Å². The number of hydrogen-bond donors (Lipinski definition) is 2. The van der Waals surface area contributed by atoms with Crippen molar-refractivity contribution < 1.29 is 9.69 Å². The zero-order valence-corrected chi connectivity index (χ0v) is 17.3. The van der Waals surface area contributed by atoms with E-state index >= 15 is 0 Å². The van der Waals surface area contributed by atoms with Crippen LogP contribution in [-0.4, -0.2) is 29.3 Å². The van der Waals surface area contributed by atoms with Crippen molar-refractivity contribution in [1.82, 2.24) is 9.78 Å². The predicted octanol–water partition coefficient (Wildman–Crippen LogP) is 2.76. The van der Waals surface area contributed by atoms with Crippen LogP contribution < -0.4 is 10.2 Å². The minimum absolute atomic E-state index is 0.0199. The van der Waals surface area contributed by atoms with Gasteiger partial charge in [-0.15, -0.1) is 0 Å². The van der Waals surface area contributed by atoms with Crippen molar-refractivity contribution >= 4 is 11.6 Å². The molecule has 28 heavy (non-hydrogen) atoms. The molecule has 0 saturated heterocycles. The second-order valence-electron chi connectivity index (χ2n) is 7.55. The first-order chi connectivity index (χ1) is 13.3. The van der Waals surface area contributed by atoms with Gasteiger partial charge in [0.2, 0.25) is 0 Å². The molecule has 0 aliphatic rings. The Kier molecular flexibility index (Phi) is 5.95. The van der Waals surface area contributed by atoms with Gasteiger partial charge in [0.05, 0.1) is 29.7 Å². The lowest BCUT2D eigenvalue weighted by Gasteiger charge is -2.15. The molecular weight excluding hydrogens is 348 g/mol. The summed E-state index contributed by atoms with van der Waals surface area (Å²) in [6.07, 6.45) is 0. The normalized spacial score (nSPS) is 12.0. The summed E-state index contributed by atoms with van der Waals surface area (Å²) in [7, 11) is 2.04. The van der Waals surface area contributed by atoms with Gasteiger partial charge < -0.3 is 10.2 Å². The van der Waals surface area contributed by atoms with Crippen molar-refractivity contribution in [3.8, 4) is 5.69 Å². The van der Waals surface area contributed by atoms with Crippen molar-refractivity contribution in [2.24, 2.45) is 0 Å². The van der Waals surface area contributed by atoms with E-state index in [1.54, 1.807) is 0 Å². The third-order valence-electron chi connectivity index (χ3n) is 5.17. The Morgan fingerprint density at radius 2 is 1.75 bits per heavy atom. The molecule has 1 atom stereocenters. The predicted molar refractivity (Wildman–Crippen MR) is 113 cm³/mol. The van der Waals surface area contributed by atoms with E-state index < -0.39 is 0 Å². The summed E-state index contributed by atoms with van der Waals surface area (Å²) in [4.78, 5) is 13.6. The van der Waals surface area contributed by atoms with Gasteiger partial charge in [-0.25, -0.2) is 4.68 Å². The van der Waals surface area contributed by atoms with E-state index in [-0.39, 0.29) is 5.91 Å². The highest BCUT2D eigenvalue weighted by Gasteiger charge is 2.18. The van der Waals surface area contributed by atoms with Crippen molar-refractivity contribution in [2.45, 2.75) is 34.2 Å². The molecule has 1 heterocycles. The summed E-state index contributed by atoms with van der Waals surface area (Å²) >= 11 is 0. The van der Waals surface area contributed by atoms with Crippen LogP contribution in [0.5, 0.6) is 0 Å². The summed E-state index contributed by atoms with van der Waals surface area (Å²) in [6, 6.07) is 16.1. The van der Waals surface area contributed by atoms with Gasteiger partial charge in [-0.1, -0.05) is 24.3 Å². The number of anilines is 1. The van der Waals surface area contributed by atoms with Crippen LogP contribution in [0.4, 0.5) is 5.69 Å². The largest absolute Gasteiger partial charge is 0.326 e. The third kappa shape index (κ3) is 4.49. The number of aromatic nitrogens is 2. The number of nitrogens with zero attached hydrogens (tertiary/aromatic N) is 2. The average Bonchev–Trinajstić information content (AvgIpc) is 2.93. The first-order valence-corrected chi connectivity index (χ1v) is 9.64. The number of para-hydroxylation sites is 1. The highest BCUT2D eigenvalue weighted by molar-refractivity contribution is 5.91. The minimum atomic E-state index is 0.0199. The lowest BCUT2D eigenvalue weighted by molar-refractivity contribution is -0.885. The Balaban J connectivity index is 1.66. The number of aryl methyl sites for hydroxylation is 3. The molecule has 1 aromatic heterocycles. The molecule has 0 fully saturated rings. The molecule has 0 radical (unpaired) electrons. The van der Waals surface area contributed by atoms with Crippen LogP contribution in [-0.2, 0) is 11.3 Å². The van der Waals surface area contributed by atoms with Gasteiger partial charge in [0.1, 0.15) is 6.54 Å². The Hall–Kier alpha value is -2.92. The average molecular weight is 378 g/mol. The van der Waals surface area contributed by atoms with Gasteiger partial charge >= 0.3 is 0 Å². The highest BCUT2D eigenvalue weighted by atomic mass is 16.2. The Bertz CT molecular complexity index is 976. The van der Waals surface area contributed by atoms with Crippen LogP contribution in [0.25, 0.3) is 5.69 Å². The summed E-state index contributed by atoms with van der Waals surface area (Å²) in [6.45, 7) is 9.40. The molecule has 0 bridgehead atoms. The Morgan fingerprint density at radius 1 is 1.04 bits per heavy atom. The number of amides is 1. The topological polar surface area (TPSA) is 51.4 Å². The van der Waals surface area contributed by atoms with Gasteiger partial charge in [0.15, 0.2) is 6.54 Å². The summed E-state index contributed by atoms with van der Waals surface area (Å²) in [5, 5.41) is 7.71. The molecule has 5 heteroatoms. The number of likely N-dealkylation sites (N-methyl/N-ethyl adjacent to an activating group) is 1. The quantitative estimate of drug-likeness (QED) is 0.694. The number of benzene rings is 2. The van der Waals surface area contributed by atoms with Crippen LogP contribution in [0.2, 0.25) is 0 Å². The van der Waals surface area contributed by atoms with Crippen molar-refractivity contribution in [2.75, 3.05) is 18.9 Å². The fraction of sp³-hybridized carbons (Fsp3) is 0.304. The van der Waals surface area contributed by atoms with Crippen molar-refractivity contribution in [1.29, 1.82) is 0 Å². The van der Waals surface area contributed by atoms with Gasteiger partial charge in [-0.05, 0) is 63.1 Å². The fourth-order valence-electron chi connectivity index (χ4n) is 3.41. The molecular formula is C23H29N4O+. The maximum absolute atomic E-state index is 12.5. The maximum Gasteiger partial charge on any atom is 0.279 e. The lowest BCUT2D eigenvalue weighted by atomic mass is 10.1. The SMILES string of the molecule is Cc1ccc(NC(=O)C[NH+](C)Cc2c(C)nn(-c3ccccc3)c2C)cc1C. The molecule has 0 aliphatic carbocycles. The number of quaternary nitrogens is 1. The maximum atomic E-state index is 12.5. The van der Waals surface area contributed by atoms with Gasteiger partial charge in [0.25, 0.3) is 5.91 Å². The molecule has 3 rings (SSSR count). The lowest BCUT2D eigenvalue weighted by Crippen LogP contribution is -3.08. The first kappa shape index (κ1) is 19.8. The molecule has 0 saturated carbocycles. The Morgan fingerprint density at radius 3 is 2.43 bits per heavy atom. The number of carbonyl (C=O) groups is 1. The molecule has 2 aromatic carbocycles. The van der Waals surface area contributed by atoms with E-state index in [1.807, 2.05) is 55.1 Å². The van der Waals surface area contributed by atoms with E-state index in [4.69, 9.17) is 5.10 Å². The molecule has 0 aliphatic heterocycles. The van der Waals surface area contributed by atoms with Gasteiger partial charge in [-0.2, -0.15) is 5.10 Å². The van der Waals surface area contributed by atoms with E-state index in [9.17, 15) is 4.79 Å². The standard InChI is InChI=1S/C23H28N4O/c1-16-11-12-20(13-17(16)2)24-23(28)15-26(5)14-22-18(3)25-27(19(22)4)21-9-7-6-8-10-21/h6-13H,14-15H2,1-5H3,(H,24,28)/p+1. The number of hydrogen-bond acceptors (Lipinski definition) is 2. The third-order valence-corrected chi connectivity index (χ3v) is 5.17. The second kappa shape index (κ2) is 8.40. The van der Waals surface area contributed by atoms with E-state index in [0.717, 1.165) is 34.2 Å². The first-order valence-electron chi connectivity index (χ1n) is 9.64. The van der Waals surface area contributed by atoms with E-state index in [1.165, 1.54) is 16.7 Å². The zero-order chi connectivity index (χ0) is 20.3. The van der Waals surface area contributed by atoms with Crippen LogP contribution in [0.1, 0.15) is 28.1 Å². The fourth-order valence-corrected chi connectivity index (χ4v) is 3.41. The van der Waals surface area contributed by atoms with Crippen molar-refractivity contribution in [3.63, 3.8) is 0 Å². The minimum Gasteiger partial charge on any atom is -0.326 e. The van der Waals surface area contributed by atoms with Crippen LogP contribution in [0, 0.1) is 27.7 Å². The summed E-state index contributed by atoms with van der Waals surface area (Å²) < 4.78 is 1.98. The smallest absolute Gasteiger partial charge is 0.279 e. The summed E-state index contributed by atoms with van der Waals surface area (Å²) in [5.74, 6) is 0.0199. The van der Waals surface area contributed by atoms with Gasteiger partial charge in [0, 0.05) is 5.69 Å². The highest BCUT2D eigenvalue weighted by Crippen LogP contribution is 2.17. The zero-order valence-electron chi connectivity index (χ0n) is 17.3. The number of carbonyl (C=O) groups excluding carboxylic acids is 1. The monoisotopic (exact) mass is 377 g/mol. The van der Waals surface area contributed by atoms with Crippen LogP contribution in [0.15, 0.2) is 48.5 Å². The molecule has 3 aromatic rings. The molecule has 2 N–H and O–H groups in total. The molecule has 1 unspecified atom stereocenters. The van der Waals surface area contributed by atoms with Crippen LogP contribution >= 0.6 is 0 Å². The molecule has 0 spiro atoms. The van der Waals surface area contributed by atoms with Crippen molar-refractivity contribution in [3.05, 3.63) is 76.6 Å². The molecule has 146 valence electrons. The number of nitrogens with one attached hydrogen (secondary N) is 2.